The van der Waals surface area contributed by atoms with E-state index in [4.69, 9.17) is 11.6 Å². The van der Waals surface area contributed by atoms with Gasteiger partial charge in [0.05, 0.1) is 4.90 Å². The first-order chi connectivity index (χ1) is 12.0. The summed E-state index contributed by atoms with van der Waals surface area (Å²) >= 11 is 7.31. The first-order valence-corrected chi connectivity index (χ1v) is 11.0. The van der Waals surface area contributed by atoms with Crippen molar-refractivity contribution in [2.75, 3.05) is 6.26 Å². The van der Waals surface area contributed by atoms with Crippen molar-refractivity contribution in [3.8, 4) is 0 Å². The average molecular weight is 394 g/mol. The molecule has 5 nitrogen and oxygen atoms in total. The van der Waals surface area contributed by atoms with Crippen LogP contribution in [0.1, 0.15) is 24.1 Å². The lowest BCUT2D eigenvalue weighted by Gasteiger charge is -2.15. The van der Waals surface area contributed by atoms with Crippen molar-refractivity contribution in [2.24, 2.45) is 0 Å². The summed E-state index contributed by atoms with van der Waals surface area (Å²) < 4.78 is 28.2. The van der Waals surface area contributed by atoms with Crippen LogP contribution in [-0.4, -0.2) is 29.3 Å². The normalized spacial score (nSPS) is 14.6. The molecule has 0 amide bonds. The molecule has 0 atom stereocenters. The fraction of sp³-hybridized carbons (Fsp3) is 0.294. The molecule has 130 valence electrons. The highest BCUT2D eigenvalue weighted by Gasteiger charge is 2.30. The second kappa shape index (κ2) is 6.30. The van der Waals surface area contributed by atoms with Gasteiger partial charge in [-0.15, -0.1) is 11.8 Å². The number of sulfone groups is 1. The first kappa shape index (κ1) is 16.9. The van der Waals surface area contributed by atoms with Crippen LogP contribution in [0.3, 0.4) is 0 Å². The maximum atomic E-state index is 13.2. The molecule has 1 aliphatic carbocycles. The molecule has 2 heterocycles. The number of hydrogen-bond donors (Lipinski definition) is 0. The van der Waals surface area contributed by atoms with E-state index < -0.39 is 9.84 Å². The van der Waals surface area contributed by atoms with Gasteiger partial charge in [0, 0.05) is 16.9 Å². The summed E-state index contributed by atoms with van der Waals surface area (Å²) in [6.45, 7) is 0. The van der Waals surface area contributed by atoms with Crippen molar-refractivity contribution in [3.63, 3.8) is 0 Å². The highest BCUT2D eigenvalue weighted by Crippen LogP contribution is 2.34. The van der Waals surface area contributed by atoms with Gasteiger partial charge in [0.1, 0.15) is 5.03 Å². The van der Waals surface area contributed by atoms with E-state index in [9.17, 15) is 8.42 Å². The maximum Gasteiger partial charge on any atom is 0.213 e. The molecule has 0 aliphatic heterocycles. The van der Waals surface area contributed by atoms with Gasteiger partial charge in [-0.05, 0) is 55.7 Å². The number of thioether (sulfide) groups is 1. The number of hydrogen-bond acceptors (Lipinski definition) is 5. The minimum absolute atomic E-state index is 0.157. The third kappa shape index (κ3) is 2.74. The van der Waals surface area contributed by atoms with Gasteiger partial charge in [0.2, 0.25) is 9.84 Å². The number of nitrogens with zero attached hydrogens (tertiary/aromatic N) is 3. The predicted octanol–water partition coefficient (Wildman–Crippen LogP) is 3.82. The molecule has 0 radical (unpaired) electrons. The summed E-state index contributed by atoms with van der Waals surface area (Å²) in [6.07, 6.45) is 7.68. The van der Waals surface area contributed by atoms with E-state index in [1.165, 1.54) is 17.8 Å². The third-order valence-electron chi connectivity index (χ3n) is 4.44. The van der Waals surface area contributed by atoms with E-state index in [1.807, 2.05) is 6.26 Å². The van der Waals surface area contributed by atoms with Crippen molar-refractivity contribution in [1.29, 1.82) is 0 Å². The summed E-state index contributed by atoms with van der Waals surface area (Å²) in [6, 6.07) is 6.30. The third-order valence-corrected chi connectivity index (χ3v) is 7.26. The summed E-state index contributed by atoms with van der Waals surface area (Å²) in [7, 11) is -3.77. The molecule has 0 bridgehead atoms. The smallest absolute Gasteiger partial charge is 0.213 e. The van der Waals surface area contributed by atoms with E-state index >= 15 is 0 Å². The highest BCUT2D eigenvalue weighted by atomic mass is 35.5. The molecular weight excluding hydrogens is 378 g/mol. The van der Waals surface area contributed by atoms with Gasteiger partial charge in [0.15, 0.2) is 10.5 Å². The van der Waals surface area contributed by atoms with Crippen molar-refractivity contribution in [2.45, 2.75) is 40.5 Å². The molecule has 2 aromatic heterocycles. The zero-order valence-corrected chi connectivity index (χ0v) is 16.0. The van der Waals surface area contributed by atoms with Crippen molar-refractivity contribution in [3.05, 3.63) is 46.7 Å². The minimum atomic E-state index is -3.77. The summed E-state index contributed by atoms with van der Waals surface area (Å²) in [5.41, 5.74) is 2.62. The lowest BCUT2D eigenvalue weighted by atomic mass is 9.97. The van der Waals surface area contributed by atoms with Gasteiger partial charge in [-0.25, -0.2) is 17.9 Å². The molecule has 0 fully saturated rings. The van der Waals surface area contributed by atoms with Crippen LogP contribution in [0, 0.1) is 0 Å². The van der Waals surface area contributed by atoms with Gasteiger partial charge in [-0.2, -0.15) is 5.10 Å². The molecule has 8 heteroatoms. The Morgan fingerprint density at radius 3 is 2.80 bits per heavy atom. The summed E-state index contributed by atoms with van der Waals surface area (Å²) in [5.74, 6) is 0. The van der Waals surface area contributed by atoms with Crippen LogP contribution in [0.15, 0.2) is 45.3 Å². The average Bonchev–Trinajstić information content (AvgIpc) is 3.01. The Kier molecular flexibility index (Phi) is 4.25. The van der Waals surface area contributed by atoms with Crippen molar-refractivity contribution < 1.29 is 8.42 Å². The summed E-state index contributed by atoms with van der Waals surface area (Å²) in [5, 5.41) is 5.41. The standard InChI is InChI=1S/C17H16ClN3O2S2/c1-24-17-15(25(22,23)13-7-4-6-12(18)9-13)16-19-10-11-5-2-3-8-14(11)21(16)20-17/h4,6-7,9-10H,2-3,5,8H2,1H3. The second-order valence-electron chi connectivity index (χ2n) is 5.97. The van der Waals surface area contributed by atoms with Gasteiger partial charge in [-0.3, -0.25) is 0 Å². The van der Waals surface area contributed by atoms with Crippen LogP contribution in [0.4, 0.5) is 0 Å². The maximum absolute atomic E-state index is 13.2. The molecule has 3 aromatic rings. The van der Waals surface area contributed by atoms with Crippen LogP contribution >= 0.6 is 23.4 Å². The van der Waals surface area contributed by atoms with Gasteiger partial charge in [-0.1, -0.05) is 17.7 Å². The Bertz CT molecular complexity index is 1080. The van der Waals surface area contributed by atoms with E-state index in [-0.39, 0.29) is 9.79 Å². The molecule has 1 aromatic carbocycles. The zero-order chi connectivity index (χ0) is 17.6. The number of fused-ring (bicyclic) bond motifs is 3. The monoisotopic (exact) mass is 393 g/mol. The fourth-order valence-corrected chi connectivity index (χ4v) is 5.93. The number of rotatable bonds is 3. The number of aryl methyl sites for hydroxylation is 2. The minimum Gasteiger partial charge on any atom is -0.236 e. The topological polar surface area (TPSA) is 64.3 Å². The van der Waals surface area contributed by atoms with E-state index in [1.54, 1.807) is 28.9 Å². The molecule has 0 N–H and O–H groups in total. The van der Waals surface area contributed by atoms with Crippen LogP contribution in [0.5, 0.6) is 0 Å². The van der Waals surface area contributed by atoms with E-state index in [2.05, 4.69) is 10.1 Å². The lowest BCUT2D eigenvalue weighted by molar-refractivity contribution is 0.594. The van der Waals surface area contributed by atoms with Crippen molar-refractivity contribution in [1.82, 2.24) is 14.6 Å². The van der Waals surface area contributed by atoms with Crippen LogP contribution in [0.2, 0.25) is 5.02 Å². The Labute approximate surface area is 155 Å². The molecule has 0 unspecified atom stereocenters. The number of benzene rings is 1. The predicted molar refractivity (Wildman–Crippen MR) is 98.3 cm³/mol. The Morgan fingerprint density at radius 1 is 1.24 bits per heavy atom. The van der Waals surface area contributed by atoms with Crippen LogP contribution in [-0.2, 0) is 22.7 Å². The Balaban J connectivity index is 2.01. The van der Waals surface area contributed by atoms with Crippen LogP contribution in [0.25, 0.3) is 5.65 Å². The van der Waals surface area contributed by atoms with Gasteiger partial charge in [0.25, 0.3) is 0 Å². The van der Waals surface area contributed by atoms with E-state index in [0.717, 1.165) is 36.9 Å². The van der Waals surface area contributed by atoms with Gasteiger partial charge >= 0.3 is 0 Å². The largest absolute Gasteiger partial charge is 0.236 e. The quantitative estimate of drug-likeness (QED) is 0.633. The molecule has 0 spiro atoms. The fourth-order valence-electron chi connectivity index (χ4n) is 3.23. The summed E-state index contributed by atoms with van der Waals surface area (Å²) in [4.78, 5) is 4.77. The zero-order valence-electron chi connectivity index (χ0n) is 13.6. The van der Waals surface area contributed by atoms with Crippen molar-refractivity contribution >= 4 is 38.8 Å². The molecule has 4 rings (SSSR count). The Morgan fingerprint density at radius 2 is 2.04 bits per heavy atom. The SMILES string of the molecule is CSc1nn2c3c(cnc2c1S(=O)(=O)c1cccc(Cl)c1)CCCC3. The van der Waals surface area contributed by atoms with Crippen LogP contribution < -0.4 is 0 Å². The number of halogens is 1. The van der Waals surface area contributed by atoms with E-state index in [0.29, 0.717) is 15.7 Å². The highest BCUT2D eigenvalue weighted by molar-refractivity contribution is 7.99. The Hall–Kier alpha value is -1.57. The second-order valence-corrected chi connectivity index (χ2v) is 9.09. The molecule has 1 aliphatic rings. The molecule has 25 heavy (non-hydrogen) atoms. The van der Waals surface area contributed by atoms with Gasteiger partial charge < -0.3 is 0 Å². The number of aromatic nitrogens is 3. The molecular formula is C17H16ClN3O2S2. The lowest BCUT2D eigenvalue weighted by Crippen LogP contribution is -2.11. The molecule has 0 saturated heterocycles. The molecule has 0 saturated carbocycles. The first-order valence-electron chi connectivity index (χ1n) is 7.96.